The summed E-state index contributed by atoms with van der Waals surface area (Å²) in [6.45, 7) is 5.56. The number of hydrogen-bond donors (Lipinski definition) is 2. The van der Waals surface area contributed by atoms with Crippen molar-refractivity contribution in [1.82, 2.24) is 29.8 Å². The SMILES string of the molecule is Cn1cc(-n2nc(-c3ccc(Cl)cc3)cc(C(=O)NC3(C)CCN(C(=O)C(C)(C)O)CC3)c2=O)cn1. The van der Waals surface area contributed by atoms with Crippen molar-refractivity contribution in [2.24, 2.45) is 7.05 Å². The molecule has 0 spiro atoms. The van der Waals surface area contributed by atoms with Gasteiger partial charge in [-0.25, -0.2) is 0 Å². The normalized spacial score (nSPS) is 15.6. The van der Waals surface area contributed by atoms with Crippen LogP contribution in [-0.4, -0.2) is 65.6 Å². The standard InChI is InChI=1S/C25H29ClN6O4/c1-24(2,36)23(35)31-11-9-25(3,10-12-31)28-21(33)19-13-20(16-5-7-17(26)8-6-16)29-32(22(19)34)18-14-27-30(4)15-18/h5-8,13-15,36H,9-12H2,1-4H3,(H,28,33). The lowest BCUT2D eigenvalue weighted by Crippen LogP contribution is -2.57. The summed E-state index contributed by atoms with van der Waals surface area (Å²) < 4.78 is 2.71. The number of amides is 2. The Kier molecular flexibility index (Phi) is 6.76. The minimum absolute atomic E-state index is 0.0602. The lowest BCUT2D eigenvalue weighted by Gasteiger charge is -2.41. The molecule has 0 bridgehead atoms. The second-order valence-corrected chi connectivity index (χ2v) is 10.3. The molecule has 1 saturated heterocycles. The second-order valence-electron chi connectivity index (χ2n) is 9.91. The van der Waals surface area contributed by atoms with E-state index in [0.717, 1.165) is 0 Å². The number of likely N-dealkylation sites (tertiary alicyclic amines) is 1. The number of halogens is 1. The van der Waals surface area contributed by atoms with Crippen molar-refractivity contribution in [3.05, 3.63) is 63.7 Å². The quantitative estimate of drug-likeness (QED) is 0.540. The number of aryl methyl sites for hydroxylation is 1. The van der Waals surface area contributed by atoms with Crippen LogP contribution in [0.25, 0.3) is 16.9 Å². The molecule has 2 aromatic heterocycles. The van der Waals surface area contributed by atoms with Gasteiger partial charge in [-0.2, -0.15) is 14.9 Å². The third-order valence-electron chi connectivity index (χ3n) is 6.32. The van der Waals surface area contributed by atoms with E-state index in [9.17, 15) is 19.5 Å². The van der Waals surface area contributed by atoms with Gasteiger partial charge >= 0.3 is 0 Å². The number of piperidine rings is 1. The summed E-state index contributed by atoms with van der Waals surface area (Å²) in [6.07, 6.45) is 4.09. The number of hydrogen-bond acceptors (Lipinski definition) is 6. The van der Waals surface area contributed by atoms with Crippen LogP contribution >= 0.6 is 11.6 Å². The molecule has 0 aliphatic carbocycles. The van der Waals surface area contributed by atoms with Gasteiger partial charge in [-0.1, -0.05) is 23.7 Å². The molecule has 11 heteroatoms. The second kappa shape index (κ2) is 9.51. The maximum atomic E-state index is 13.4. The highest BCUT2D eigenvalue weighted by atomic mass is 35.5. The molecule has 0 unspecified atom stereocenters. The first-order chi connectivity index (χ1) is 16.9. The number of carbonyl (C=O) groups is 2. The van der Waals surface area contributed by atoms with E-state index in [2.05, 4.69) is 15.5 Å². The summed E-state index contributed by atoms with van der Waals surface area (Å²) in [4.78, 5) is 40.8. The molecule has 190 valence electrons. The van der Waals surface area contributed by atoms with Gasteiger partial charge in [0.25, 0.3) is 17.4 Å². The minimum atomic E-state index is -1.45. The molecule has 1 fully saturated rings. The third-order valence-corrected chi connectivity index (χ3v) is 6.58. The lowest BCUT2D eigenvalue weighted by molar-refractivity contribution is -0.149. The van der Waals surface area contributed by atoms with Crippen LogP contribution in [0.4, 0.5) is 0 Å². The fourth-order valence-electron chi connectivity index (χ4n) is 4.17. The number of aliphatic hydroxyl groups is 1. The number of nitrogens with one attached hydrogen (secondary N) is 1. The molecule has 0 atom stereocenters. The monoisotopic (exact) mass is 512 g/mol. The van der Waals surface area contributed by atoms with Crippen molar-refractivity contribution in [3.8, 4) is 16.9 Å². The van der Waals surface area contributed by atoms with Crippen LogP contribution in [0, 0.1) is 0 Å². The van der Waals surface area contributed by atoms with Gasteiger partial charge in [0, 0.05) is 36.3 Å². The van der Waals surface area contributed by atoms with E-state index < -0.39 is 22.6 Å². The summed E-state index contributed by atoms with van der Waals surface area (Å²) in [5, 5.41) is 22.2. The van der Waals surface area contributed by atoms with Crippen molar-refractivity contribution in [2.45, 2.75) is 44.8 Å². The minimum Gasteiger partial charge on any atom is -0.381 e. The highest BCUT2D eigenvalue weighted by Gasteiger charge is 2.37. The third kappa shape index (κ3) is 5.34. The Morgan fingerprint density at radius 3 is 2.36 bits per heavy atom. The largest absolute Gasteiger partial charge is 0.381 e. The molecule has 1 aliphatic rings. The van der Waals surface area contributed by atoms with Gasteiger partial charge in [0.05, 0.1) is 18.1 Å². The molecule has 36 heavy (non-hydrogen) atoms. The molecule has 3 aromatic rings. The molecular formula is C25H29ClN6O4. The summed E-state index contributed by atoms with van der Waals surface area (Å²) in [6, 6.07) is 8.43. The number of carbonyl (C=O) groups excluding carboxylic acids is 2. The van der Waals surface area contributed by atoms with Gasteiger partial charge in [-0.3, -0.25) is 19.1 Å². The van der Waals surface area contributed by atoms with Crippen LogP contribution in [0.1, 0.15) is 44.0 Å². The Labute approximate surface area is 213 Å². The molecule has 1 aliphatic heterocycles. The lowest BCUT2D eigenvalue weighted by atomic mass is 9.88. The van der Waals surface area contributed by atoms with Crippen molar-refractivity contribution in [1.29, 1.82) is 0 Å². The molecule has 0 radical (unpaired) electrons. The molecule has 3 heterocycles. The van der Waals surface area contributed by atoms with Crippen LogP contribution in [0.3, 0.4) is 0 Å². The van der Waals surface area contributed by atoms with Gasteiger partial charge in [0.15, 0.2) is 0 Å². The van der Waals surface area contributed by atoms with Crippen molar-refractivity contribution >= 4 is 23.4 Å². The van der Waals surface area contributed by atoms with Crippen LogP contribution in [0.5, 0.6) is 0 Å². The van der Waals surface area contributed by atoms with E-state index in [4.69, 9.17) is 11.6 Å². The number of rotatable bonds is 5. The van der Waals surface area contributed by atoms with Crippen LogP contribution in [0.2, 0.25) is 5.02 Å². The summed E-state index contributed by atoms with van der Waals surface area (Å²) in [7, 11) is 1.72. The average molecular weight is 513 g/mol. The van der Waals surface area contributed by atoms with Gasteiger partial charge in [0.2, 0.25) is 0 Å². The van der Waals surface area contributed by atoms with Gasteiger partial charge < -0.3 is 15.3 Å². The van der Waals surface area contributed by atoms with E-state index in [1.165, 1.54) is 30.8 Å². The Morgan fingerprint density at radius 1 is 1.17 bits per heavy atom. The zero-order valence-corrected chi connectivity index (χ0v) is 21.4. The smallest absolute Gasteiger partial charge is 0.284 e. The van der Waals surface area contributed by atoms with Gasteiger partial charge in [-0.05, 0) is 51.8 Å². The van der Waals surface area contributed by atoms with Crippen LogP contribution < -0.4 is 10.9 Å². The molecule has 0 saturated carbocycles. The topological polar surface area (TPSA) is 122 Å². The maximum absolute atomic E-state index is 13.4. The summed E-state index contributed by atoms with van der Waals surface area (Å²) in [5.41, 5.74) is -1.18. The molecular weight excluding hydrogens is 484 g/mol. The summed E-state index contributed by atoms with van der Waals surface area (Å²) >= 11 is 6.03. The van der Waals surface area contributed by atoms with E-state index >= 15 is 0 Å². The molecule has 4 rings (SSSR count). The maximum Gasteiger partial charge on any atom is 0.284 e. The van der Waals surface area contributed by atoms with Crippen LogP contribution in [-0.2, 0) is 11.8 Å². The highest BCUT2D eigenvalue weighted by molar-refractivity contribution is 6.30. The Morgan fingerprint density at radius 2 is 1.81 bits per heavy atom. The van der Waals surface area contributed by atoms with Crippen molar-refractivity contribution < 1.29 is 14.7 Å². The zero-order valence-electron chi connectivity index (χ0n) is 20.7. The summed E-state index contributed by atoms with van der Waals surface area (Å²) in [5.74, 6) is -0.878. The van der Waals surface area contributed by atoms with E-state index in [1.807, 2.05) is 6.92 Å². The van der Waals surface area contributed by atoms with E-state index in [0.29, 0.717) is 47.9 Å². The fraction of sp³-hybridized carbons (Fsp3) is 0.400. The predicted octanol–water partition coefficient (Wildman–Crippen LogP) is 2.17. The molecule has 2 N–H and O–H groups in total. The van der Waals surface area contributed by atoms with Crippen molar-refractivity contribution in [3.63, 3.8) is 0 Å². The number of aromatic nitrogens is 4. The Balaban J connectivity index is 1.64. The van der Waals surface area contributed by atoms with E-state index in [-0.39, 0.29) is 11.5 Å². The van der Waals surface area contributed by atoms with Crippen LogP contribution in [0.15, 0.2) is 47.5 Å². The number of nitrogens with zero attached hydrogens (tertiary/aromatic N) is 5. The van der Waals surface area contributed by atoms with E-state index in [1.54, 1.807) is 47.1 Å². The van der Waals surface area contributed by atoms with Gasteiger partial charge in [-0.15, -0.1) is 0 Å². The Hall–Kier alpha value is -3.50. The highest BCUT2D eigenvalue weighted by Crippen LogP contribution is 2.25. The first kappa shape index (κ1) is 25.6. The number of benzene rings is 1. The van der Waals surface area contributed by atoms with Gasteiger partial charge in [0.1, 0.15) is 16.9 Å². The Bertz CT molecular complexity index is 1350. The average Bonchev–Trinajstić information content (AvgIpc) is 3.25. The zero-order chi connectivity index (χ0) is 26.3. The molecule has 1 aromatic carbocycles. The first-order valence-corrected chi connectivity index (χ1v) is 12.0. The predicted molar refractivity (Wildman–Crippen MR) is 135 cm³/mol. The first-order valence-electron chi connectivity index (χ1n) is 11.6. The molecule has 10 nitrogen and oxygen atoms in total. The van der Waals surface area contributed by atoms with Crippen molar-refractivity contribution in [2.75, 3.05) is 13.1 Å². The molecule has 2 amide bonds. The fourth-order valence-corrected chi connectivity index (χ4v) is 4.29.